The number of hydrogen-bond acceptors (Lipinski definition) is 4. The molecular formula is C23H30N4O4. The van der Waals surface area contributed by atoms with E-state index in [2.05, 4.69) is 10.6 Å². The normalized spacial score (nSPS) is 21.3. The van der Waals surface area contributed by atoms with Gasteiger partial charge in [-0.15, -0.1) is 0 Å². The molecule has 0 radical (unpaired) electrons. The SMILES string of the molecule is O=C(CN1C(=O)NC2(CCCCC2)C1=O)NC(Cc1ccccc1)C(=O)N1CCCC1. The van der Waals surface area contributed by atoms with E-state index in [0.29, 0.717) is 32.4 Å². The van der Waals surface area contributed by atoms with Gasteiger partial charge in [0.2, 0.25) is 11.8 Å². The average Bonchev–Trinajstić information content (AvgIpc) is 3.38. The lowest BCUT2D eigenvalue weighted by Gasteiger charge is -2.30. The molecule has 8 nitrogen and oxygen atoms in total. The van der Waals surface area contributed by atoms with Crippen LogP contribution in [-0.2, 0) is 20.8 Å². The van der Waals surface area contributed by atoms with Gasteiger partial charge in [-0.3, -0.25) is 19.3 Å². The molecule has 1 saturated carbocycles. The van der Waals surface area contributed by atoms with E-state index in [1.165, 1.54) is 0 Å². The van der Waals surface area contributed by atoms with Gasteiger partial charge in [0.1, 0.15) is 18.1 Å². The van der Waals surface area contributed by atoms with Crippen molar-refractivity contribution in [3.05, 3.63) is 35.9 Å². The number of amides is 5. The molecule has 5 amide bonds. The van der Waals surface area contributed by atoms with Crippen molar-refractivity contribution in [1.82, 2.24) is 20.4 Å². The monoisotopic (exact) mass is 426 g/mol. The number of carbonyl (C=O) groups is 4. The van der Waals surface area contributed by atoms with Crippen LogP contribution in [-0.4, -0.2) is 64.8 Å². The highest BCUT2D eigenvalue weighted by atomic mass is 16.2. The Balaban J connectivity index is 1.43. The minimum atomic E-state index is -0.857. The van der Waals surface area contributed by atoms with Gasteiger partial charge in [-0.05, 0) is 31.2 Å². The molecule has 2 saturated heterocycles. The fourth-order valence-corrected chi connectivity index (χ4v) is 4.91. The van der Waals surface area contributed by atoms with Crippen molar-refractivity contribution in [2.24, 2.45) is 0 Å². The number of urea groups is 1. The maximum absolute atomic E-state index is 13.0. The topological polar surface area (TPSA) is 98.8 Å². The molecule has 8 heteroatoms. The summed E-state index contributed by atoms with van der Waals surface area (Å²) >= 11 is 0. The van der Waals surface area contributed by atoms with Gasteiger partial charge < -0.3 is 15.5 Å². The summed E-state index contributed by atoms with van der Waals surface area (Å²) < 4.78 is 0. The van der Waals surface area contributed by atoms with E-state index in [-0.39, 0.29) is 18.4 Å². The minimum absolute atomic E-state index is 0.115. The zero-order valence-corrected chi connectivity index (χ0v) is 17.8. The van der Waals surface area contributed by atoms with Crippen molar-refractivity contribution >= 4 is 23.8 Å². The second-order valence-electron chi connectivity index (χ2n) is 8.81. The van der Waals surface area contributed by atoms with E-state index >= 15 is 0 Å². The number of hydrogen-bond donors (Lipinski definition) is 2. The van der Waals surface area contributed by atoms with E-state index < -0.39 is 23.5 Å². The van der Waals surface area contributed by atoms with Crippen LogP contribution in [0.15, 0.2) is 30.3 Å². The minimum Gasteiger partial charge on any atom is -0.342 e. The summed E-state index contributed by atoms with van der Waals surface area (Å²) in [5.41, 5.74) is 0.0845. The molecule has 31 heavy (non-hydrogen) atoms. The molecule has 0 aromatic heterocycles. The maximum Gasteiger partial charge on any atom is 0.325 e. The van der Waals surface area contributed by atoms with Gasteiger partial charge in [-0.2, -0.15) is 0 Å². The number of nitrogens with one attached hydrogen (secondary N) is 2. The Morgan fingerprint density at radius 2 is 1.68 bits per heavy atom. The van der Waals surface area contributed by atoms with Gasteiger partial charge in [-0.1, -0.05) is 49.6 Å². The highest BCUT2D eigenvalue weighted by molar-refractivity contribution is 6.09. The van der Waals surface area contributed by atoms with E-state index in [0.717, 1.165) is 42.6 Å². The van der Waals surface area contributed by atoms with Gasteiger partial charge in [0, 0.05) is 19.5 Å². The van der Waals surface area contributed by atoms with Crippen molar-refractivity contribution in [3.8, 4) is 0 Å². The molecule has 2 N–H and O–H groups in total. The quantitative estimate of drug-likeness (QED) is 0.675. The third-order valence-corrected chi connectivity index (χ3v) is 6.59. The summed E-state index contributed by atoms with van der Waals surface area (Å²) in [5, 5.41) is 5.61. The van der Waals surface area contributed by atoms with Crippen LogP contribution in [0.1, 0.15) is 50.5 Å². The van der Waals surface area contributed by atoms with Gasteiger partial charge in [-0.25, -0.2) is 4.79 Å². The molecule has 2 heterocycles. The Kier molecular flexibility index (Phi) is 6.25. The lowest BCUT2D eigenvalue weighted by Crippen LogP contribution is -2.52. The number of rotatable bonds is 6. The van der Waals surface area contributed by atoms with E-state index in [1.54, 1.807) is 4.90 Å². The largest absolute Gasteiger partial charge is 0.342 e. The van der Waals surface area contributed by atoms with Crippen LogP contribution >= 0.6 is 0 Å². The number of likely N-dealkylation sites (tertiary alicyclic amines) is 1. The van der Waals surface area contributed by atoms with Gasteiger partial charge in [0.05, 0.1) is 0 Å². The Hall–Kier alpha value is -2.90. The smallest absolute Gasteiger partial charge is 0.325 e. The molecule has 3 aliphatic rings. The van der Waals surface area contributed by atoms with Crippen molar-refractivity contribution in [1.29, 1.82) is 0 Å². The molecule has 0 bridgehead atoms. The van der Waals surface area contributed by atoms with Crippen LogP contribution in [0.2, 0.25) is 0 Å². The summed E-state index contributed by atoms with van der Waals surface area (Å²) in [6.45, 7) is 1.01. The first-order valence-electron chi connectivity index (χ1n) is 11.2. The highest BCUT2D eigenvalue weighted by Crippen LogP contribution is 2.33. The lowest BCUT2D eigenvalue weighted by molar-refractivity contribution is -0.138. The lowest BCUT2D eigenvalue weighted by atomic mass is 9.82. The Morgan fingerprint density at radius 1 is 1.00 bits per heavy atom. The third kappa shape index (κ3) is 4.57. The molecule has 3 fully saturated rings. The summed E-state index contributed by atoms with van der Waals surface area (Å²) in [5.74, 6) is -0.932. The zero-order valence-electron chi connectivity index (χ0n) is 17.8. The van der Waals surface area contributed by atoms with E-state index in [1.807, 2.05) is 30.3 Å². The van der Waals surface area contributed by atoms with Gasteiger partial charge >= 0.3 is 6.03 Å². The average molecular weight is 427 g/mol. The first-order valence-corrected chi connectivity index (χ1v) is 11.2. The predicted molar refractivity (Wildman–Crippen MR) is 114 cm³/mol. The second kappa shape index (κ2) is 9.08. The number of carbonyl (C=O) groups excluding carboxylic acids is 4. The number of imide groups is 1. The van der Waals surface area contributed by atoms with Crippen LogP contribution in [0.4, 0.5) is 4.79 Å². The van der Waals surface area contributed by atoms with Crippen molar-refractivity contribution < 1.29 is 19.2 Å². The molecular weight excluding hydrogens is 396 g/mol. The van der Waals surface area contributed by atoms with E-state index in [9.17, 15) is 19.2 Å². The highest BCUT2D eigenvalue weighted by Gasteiger charge is 2.51. The summed E-state index contributed by atoms with van der Waals surface area (Å²) in [6, 6.07) is 8.28. The van der Waals surface area contributed by atoms with Gasteiger partial charge in [0.15, 0.2) is 0 Å². The van der Waals surface area contributed by atoms with Gasteiger partial charge in [0.25, 0.3) is 5.91 Å². The molecule has 1 aliphatic carbocycles. The van der Waals surface area contributed by atoms with Crippen LogP contribution in [0.5, 0.6) is 0 Å². The Bertz CT molecular complexity index is 844. The van der Waals surface area contributed by atoms with Crippen molar-refractivity contribution in [3.63, 3.8) is 0 Å². The first kappa shape index (κ1) is 21.3. The summed E-state index contributed by atoms with van der Waals surface area (Å²) in [4.78, 5) is 54.0. The zero-order chi connectivity index (χ0) is 21.8. The summed E-state index contributed by atoms with van der Waals surface area (Å²) in [6.07, 6.45) is 6.33. The molecule has 4 rings (SSSR count). The Morgan fingerprint density at radius 3 is 2.35 bits per heavy atom. The van der Waals surface area contributed by atoms with Crippen LogP contribution < -0.4 is 10.6 Å². The van der Waals surface area contributed by atoms with Crippen molar-refractivity contribution in [2.75, 3.05) is 19.6 Å². The predicted octanol–water partition coefficient (Wildman–Crippen LogP) is 1.59. The van der Waals surface area contributed by atoms with Crippen LogP contribution in [0.25, 0.3) is 0 Å². The number of nitrogens with zero attached hydrogens (tertiary/aromatic N) is 2. The first-order chi connectivity index (χ1) is 15.0. The molecule has 1 spiro atoms. The molecule has 1 atom stereocenters. The second-order valence-corrected chi connectivity index (χ2v) is 8.81. The standard InChI is InChI=1S/C23H30N4O4/c28-19(16-27-21(30)23(25-22(27)31)11-5-2-6-12-23)24-18(15-17-9-3-1-4-10-17)20(29)26-13-7-8-14-26/h1,3-4,9-10,18H,2,5-8,11-16H2,(H,24,28)(H,25,31). The number of benzene rings is 1. The molecule has 2 aliphatic heterocycles. The third-order valence-electron chi connectivity index (χ3n) is 6.59. The Labute approximate surface area is 182 Å². The summed E-state index contributed by atoms with van der Waals surface area (Å²) in [7, 11) is 0. The van der Waals surface area contributed by atoms with Crippen LogP contribution in [0.3, 0.4) is 0 Å². The fraction of sp³-hybridized carbons (Fsp3) is 0.565. The van der Waals surface area contributed by atoms with Crippen LogP contribution in [0, 0.1) is 0 Å². The molecule has 1 aromatic rings. The molecule has 1 unspecified atom stereocenters. The fourth-order valence-electron chi connectivity index (χ4n) is 4.91. The van der Waals surface area contributed by atoms with E-state index in [4.69, 9.17) is 0 Å². The molecule has 1 aromatic carbocycles. The maximum atomic E-state index is 13.0. The van der Waals surface area contributed by atoms with Crippen molar-refractivity contribution in [2.45, 2.75) is 62.9 Å². The molecule has 166 valence electrons.